The summed E-state index contributed by atoms with van der Waals surface area (Å²) in [6.07, 6.45) is 5.31. The van der Waals surface area contributed by atoms with E-state index in [1.807, 2.05) is 12.1 Å². The second-order valence-corrected chi connectivity index (χ2v) is 6.83. The van der Waals surface area contributed by atoms with Crippen molar-refractivity contribution in [2.45, 2.75) is 43.9 Å². The number of esters is 1. The molecule has 2 aliphatic heterocycles. The third-order valence-corrected chi connectivity index (χ3v) is 5.24. The molecule has 0 unspecified atom stereocenters. The lowest BCUT2D eigenvalue weighted by molar-refractivity contribution is -0.145. The predicted molar refractivity (Wildman–Crippen MR) is 84.5 cm³/mol. The minimum absolute atomic E-state index is 0.106. The summed E-state index contributed by atoms with van der Waals surface area (Å²) < 4.78 is 11.5. The molecule has 4 rings (SSSR count). The van der Waals surface area contributed by atoms with E-state index >= 15 is 0 Å². The van der Waals surface area contributed by atoms with E-state index in [4.69, 9.17) is 9.47 Å². The highest BCUT2D eigenvalue weighted by Gasteiger charge is 2.53. The molecule has 5 nitrogen and oxygen atoms in total. The highest BCUT2D eigenvalue weighted by atomic mass is 16.5. The molecule has 1 aromatic carbocycles. The van der Waals surface area contributed by atoms with E-state index in [9.17, 15) is 9.90 Å². The molecule has 0 amide bonds. The third kappa shape index (κ3) is 2.14. The summed E-state index contributed by atoms with van der Waals surface area (Å²) in [4.78, 5) is 13.5. The maximum atomic E-state index is 11.2. The molecule has 3 aliphatic rings. The molecular weight excluding hydrogens is 294 g/mol. The van der Waals surface area contributed by atoms with Gasteiger partial charge in [-0.3, -0.25) is 4.79 Å². The van der Waals surface area contributed by atoms with Crippen LogP contribution in [-0.4, -0.2) is 41.8 Å². The van der Waals surface area contributed by atoms with Crippen LogP contribution in [0.15, 0.2) is 24.3 Å². The van der Waals surface area contributed by atoms with Crippen LogP contribution in [0.2, 0.25) is 0 Å². The first kappa shape index (κ1) is 14.6. The quantitative estimate of drug-likeness (QED) is 0.635. The van der Waals surface area contributed by atoms with Gasteiger partial charge in [-0.1, -0.05) is 12.1 Å². The zero-order valence-corrected chi connectivity index (χ0v) is 13.4. The van der Waals surface area contributed by atoms with Gasteiger partial charge in [0.15, 0.2) is 11.5 Å². The van der Waals surface area contributed by atoms with Gasteiger partial charge in [-0.2, -0.15) is 0 Å². The second-order valence-electron chi connectivity index (χ2n) is 6.83. The number of phenolic OH excluding ortho intramolecular Hbond substituents is 1. The number of rotatable bonds is 1. The van der Waals surface area contributed by atoms with Crippen molar-refractivity contribution in [1.29, 1.82) is 0 Å². The molecule has 2 heterocycles. The van der Waals surface area contributed by atoms with Crippen molar-refractivity contribution in [1.82, 2.24) is 4.90 Å². The molecule has 0 saturated carbocycles. The molecule has 1 aliphatic carbocycles. The maximum absolute atomic E-state index is 11.2. The van der Waals surface area contributed by atoms with Gasteiger partial charge in [0.1, 0.15) is 12.2 Å². The summed E-state index contributed by atoms with van der Waals surface area (Å²) >= 11 is 0. The molecule has 1 aromatic rings. The lowest BCUT2D eigenvalue weighted by Gasteiger charge is -2.36. The molecule has 5 heteroatoms. The van der Waals surface area contributed by atoms with Gasteiger partial charge in [0.05, 0.1) is 5.41 Å². The zero-order valence-electron chi connectivity index (χ0n) is 13.4. The van der Waals surface area contributed by atoms with E-state index < -0.39 is 0 Å². The van der Waals surface area contributed by atoms with Crippen LogP contribution >= 0.6 is 0 Å². The van der Waals surface area contributed by atoms with Crippen molar-refractivity contribution >= 4 is 5.97 Å². The summed E-state index contributed by atoms with van der Waals surface area (Å²) in [5.41, 5.74) is 2.09. The number of carbonyl (C=O) groups excluding carboxylic acids is 1. The lowest BCUT2D eigenvalue weighted by Crippen LogP contribution is -2.43. The summed E-state index contributed by atoms with van der Waals surface area (Å²) in [7, 11) is 2.11. The van der Waals surface area contributed by atoms with Crippen molar-refractivity contribution in [3.8, 4) is 11.5 Å². The summed E-state index contributed by atoms with van der Waals surface area (Å²) in [5, 5.41) is 10.3. The fourth-order valence-electron chi connectivity index (χ4n) is 4.22. The van der Waals surface area contributed by atoms with E-state index in [2.05, 4.69) is 18.0 Å². The number of hydrogen-bond acceptors (Lipinski definition) is 5. The van der Waals surface area contributed by atoms with Crippen LogP contribution in [0.25, 0.3) is 0 Å². The number of hydrogen-bond donors (Lipinski definition) is 1. The fourth-order valence-corrected chi connectivity index (χ4v) is 4.22. The monoisotopic (exact) mass is 315 g/mol. The van der Waals surface area contributed by atoms with E-state index in [0.717, 1.165) is 25.1 Å². The zero-order chi connectivity index (χ0) is 16.2. The molecule has 0 aromatic heterocycles. The fraction of sp³-hybridized carbons (Fsp3) is 0.500. The average Bonchev–Trinajstić information content (AvgIpc) is 2.76. The largest absolute Gasteiger partial charge is 0.504 e. The van der Waals surface area contributed by atoms with Crippen molar-refractivity contribution in [3.05, 3.63) is 35.4 Å². The number of nitrogens with zero attached hydrogens (tertiary/aromatic N) is 1. The van der Waals surface area contributed by atoms with Crippen LogP contribution in [0.5, 0.6) is 11.5 Å². The Labute approximate surface area is 135 Å². The number of ether oxygens (including phenoxy) is 2. The SMILES string of the molecule is CC(=O)O[C@H]1C=C[C@@]23CCN(C)Cc4ccc(O)c(c42)O[C@H]3C1. The van der Waals surface area contributed by atoms with Crippen LogP contribution in [0, 0.1) is 0 Å². The van der Waals surface area contributed by atoms with E-state index in [0.29, 0.717) is 12.2 Å². The molecule has 0 fully saturated rings. The van der Waals surface area contributed by atoms with Crippen molar-refractivity contribution < 1.29 is 19.4 Å². The van der Waals surface area contributed by atoms with Crippen LogP contribution in [0.1, 0.15) is 30.9 Å². The van der Waals surface area contributed by atoms with E-state index in [-0.39, 0.29) is 29.3 Å². The van der Waals surface area contributed by atoms with Gasteiger partial charge in [-0.25, -0.2) is 0 Å². The molecule has 3 atom stereocenters. The Morgan fingerprint density at radius 2 is 2.30 bits per heavy atom. The smallest absolute Gasteiger partial charge is 0.303 e. The predicted octanol–water partition coefficient (Wildman–Crippen LogP) is 2.12. The van der Waals surface area contributed by atoms with Crippen LogP contribution in [-0.2, 0) is 21.5 Å². The van der Waals surface area contributed by atoms with Gasteiger partial charge in [0.25, 0.3) is 0 Å². The topological polar surface area (TPSA) is 59.0 Å². The number of carbonyl (C=O) groups is 1. The van der Waals surface area contributed by atoms with Crippen molar-refractivity contribution in [2.75, 3.05) is 13.6 Å². The highest BCUT2D eigenvalue weighted by Crippen LogP contribution is 2.55. The normalized spacial score (nSPS) is 31.7. The van der Waals surface area contributed by atoms with Gasteiger partial charge in [0.2, 0.25) is 0 Å². The molecular formula is C18H21NO4. The number of phenols is 1. The Hall–Kier alpha value is -2.01. The Morgan fingerprint density at radius 3 is 3.09 bits per heavy atom. The van der Waals surface area contributed by atoms with Gasteiger partial charge in [-0.05, 0) is 37.7 Å². The molecule has 122 valence electrons. The van der Waals surface area contributed by atoms with Crippen LogP contribution < -0.4 is 4.74 Å². The van der Waals surface area contributed by atoms with Crippen LogP contribution in [0.4, 0.5) is 0 Å². The highest BCUT2D eigenvalue weighted by molar-refractivity contribution is 5.66. The maximum Gasteiger partial charge on any atom is 0.303 e. The Balaban J connectivity index is 1.82. The minimum atomic E-state index is -0.282. The third-order valence-electron chi connectivity index (χ3n) is 5.24. The first-order valence-corrected chi connectivity index (χ1v) is 8.07. The van der Waals surface area contributed by atoms with Crippen LogP contribution in [0.3, 0.4) is 0 Å². The Bertz CT molecular complexity index is 699. The Kier molecular flexibility index (Phi) is 3.17. The lowest BCUT2D eigenvalue weighted by atomic mass is 9.69. The molecule has 0 bridgehead atoms. The van der Waals surface area contributed by atoms with Crippen molar-refractivity contribution in [3.63, 3.8) is 0 Å². The summed E-state index contributed by atoms with van der Waals surface area (Å²) in [6, 6.07) is 3.71. The molecule has 0 radical (unpaired) electrons. The molecule has 1 spiro atoms. The van der Waals surface area contributed by atoms with E-state index in [1.165, 1.54) is 12.5 Å². The number of aromatic hydroxyl groups is 1. The second kappa shape index (κ2) is 4.99. The van der Waals surface area contributed by atoms with Crippen molar-refractivity contribution in [2.24, 2.45) is 0 Å². The molecule has 23 heavy (non-hydrogen) atoms. The number of benzene rings is 1. The minimum Gasteiger partial charge on any atom is -0.504 e. The molecule has 1 N–H and O–H groups in total. The average molecular weight is 315 g/mol. The van der Waals surface area contributed by atoms with Gasteiger partial charge >= 0.3 is 5.97 Å². The standard InChI is InChI=1S/C18H21NO4/c1-11(20)22-13-5-6-18-7-8-19(2)10-12-3-4-14(21)17(16(12)18)23-15(18)9-13/h3-6,13,15,21H,7-10H2,1-2H3/t13-,15-,18-/m0/s1. The first-order valence-electron chi connectivity index (χ1n) is 8.07. The van der Waals surface area contributed by atoms with Gasteiger partial charge < -0.3 is 19.5 Å². The summed E-state index contributed by atoms with van der Waals surface area (Å²) in [5.74, 6) is 0.519. The van der Waals surface area contributed by atoms with Gasteiger partial charge in [-0.15, -0.1) is 0 Å². The Morgan fingerprint density at radius 1 is 1.48 bits per heavy atom. The molecule has 0 saturated heterocycles. The van der Waals surface area contributed by atoms with E-state index in [1.54, 1.807) is 6.07 Å². The first-order chi connectivity index (χ1) is 11.0. The van der Waals surface area contributed by atoms with Gasteiger partial charge in [0, 0.05) is 25.5 Å². The summed E-state index contributed by atoms with van der Waals surface area (Å²) in [6.45, 7) is 3.23.